The van der Waals surface area contributed by atoms with Gasteiger partial charge in [-0.3, -0.25) is 0 Å². The number of ether oxygens (including phenoxy) is 2. The maximum absolute atomic E-state index is 5.59. The van der Waals surface area contributed by atoms with Crippen molar-refractivity contribution in [3.05, 3.63) is 35.4 Å². The smallest absolute Gasteiger partial charge is 0.0780 e. The monoisotopic (exact) mass is 208 g/mol. The number of rotatable bonds is 6. The van der Waals surface area contributed by atoms with Crippen LogP contribution in [0.3, 0.4) is 0 Å². The first-order valence-corrected chi connectivity index (χ1v) is 5.48. The molecule has 0 saturated heterocycles. The van der Waals surface area contributed by atoms with Gasteiger partial charge >= 0.3 is 0 Å². The van der Waals surface area contributed by atoms with Crippen LogP contribution in [-0.2, 0) is 16.1 Å². The van der Waals surface area contributed by atoms with Crippen LogP contribution < -0.4 is 0 Å². The van der Waals surface area contributed by atoms with Crippen LogP contribution in [-0.4, -0.2) is 19.3 Å². The zero-order valence-corrected chi connectivity index (χ0v) is 9.82. The first-order valence-electron chi connectivity index (χ1n) is 5.48. The Morgan fingerprint density at radius 2 is 2.00 bits per heavy atom. The SMILES string of the molecule is CCOC(C)COCc1ccccc1C. The van der Waals surface area contributed by atoms with Crippen molar-refractivity contribution in [2.24, 2.45) is 0 Å². The number of aryl methyl sites for hydroxylation is 1. The van der Waals surface area contributed by atoms with Gasteiger partial charge in [0.2, 0.25) is 0 Å². The standard InChI is InChI=1S/C13H20O2/c1-4-15-12(3)9-14-10-13-8-6-5-7-11(13)2/h5-8,12H,4,9-10H2,1-3H3. The molecule has 15 heavy (non-hydrogen) atoms. The van der Waals surface area contributed by atoms with Gasteiger partial charge in [0.15, 0.2) is 0 Å². The Morgan fingerprint density at radius 1 is 1.27 bits per heavy atom. The molecule has 0 spiro atoms. The highest BCUT2D eigenvalue weighted by Gasteiger charge is 2.02. The molecule has 1 aromatic carbocycles. The molecular formula is C13H20O2. The quantitative estimate of drug-likeness (QED) is 0.715. The minimum atomic E-state index is 0.180. The Morgan fingerprint density at radius 3 is 2.67 bits per heavy atom. The second-order valence-corrected chi connectivity index (χ2v) is 3.71. The summed E-state index contributed by atoms with van der Waals surface area (Å²) in [6.45, 7) is 8.20. The van der Waals surface area contributed by atoms with Crippen LogP contribution in [0.15, 0.2) is 24.3 Å². The largest absolute Gasteiger partial charge is 0.376 e. The lowest BCUT2D eigenvalue weighted by Gasteiger charge is -2.12. The van der Waals surface area contributed by atoms with E-state index in [-0.39, 0.29) is 6.10 Å². The fourth-order valence-corrected chi connectivity index (χ4v) is 1.44. The second-order valence-electron chi connectivity index (χ2n) is 3.71. The molecule has 2 nitrogen and oxygen atoms in total. The average molecular weight is 208 g/mol. The predicted molar refractivity (Wildman–Crippen MR) is 61.9 cm³/mol. The van der Waals surface area contributed by atoms with Gasteiger partial charge in [-0.1, -0.05) is 24.3 Å². The molecule has 0 heterocycles. The molecule has 2 heteroatoms. The molecule has 1 atom stereocenters. The predicted octanol–water partition coefficient (Wildman–Crippen LogP) is 2.94. The summed E-state index contributed by atoms with van der Waals surface area (Å²) in [6, 6.07) is 8.28. The molecule has 84 valence electrons. The van der Waals surface area contributed by atoms with Crippen LogP contribution in [0.1, 0.15) is 25.0 Å². The minimum Gasteiger partial charge on any atom is -0.376 e. The molecule has 0 bridgehead atoms. The van der Waals surface area contributed by atoms with E-state index in [0.29, 0.717) is 13.2 Å². The van der Waals surface area contributed by atoms with Gasteiger partial charge < -0.3 is 9.47 Å². The highest BCUT2D eigenvalue weighted by atomic mass is 16.5. The van der Waals surface area contributed by atoms with Gasteiger partial charge in [0, 0.05) is 6.61 Å². The highest BCUT2D eigenvalue weighted by Crippen LogP contribution is 2.08. The fourth-order valence-electron chi connectivity index (χ4n) is 1.44. The average Bonchev–Trinajstić information content (AvgIpc) is 2.21. The number of hydrogen-bond acceptors (Lipinski definition) is 2. The molecule has 1 unspecified atom stereocenters. The van der Waals surface area contributed by atoms with E-state index in [1.54, 1.807) is 0 Å². The van der Waals surface area contributed by atoms with Crippen LogP contribution in [0.5, 0.6) is 0 Å². The van der Waals surface area contributed by atoms with Crippen molar-refractivity contribution >= 4 is 0 Å². The van der Waals surface area contributed by atoms with E-state index >= 15 is 0 Å². The van der Waals surface area contributed by atoms with Gasteiger partial charge in [0.25, 0.3) is 0 Å². The summed E-state index contributed by atoms with van der Waals surface area (Å²) in [5.74, 6) is 0. The van der Waals surface area contributed by atoms with Crippen LogP contribution in [0.4, 0.5) is 0 Å². The van der Waals surface area contributed by atoms with Gasteiger partial charge in [0.1, 0.15) is 0 Å². The zero-order valence-electron chi connectivity index (χ0n) is 9.82. The van der Waals surface area contributed by atoms with Gasteiger partial charge in [-0.2, -0.15) is 0 Å². The van der Waals surface area contributed by atoms with E-state index in [1.165, 1.54) is 11.1 Å². The van der Waals surface area contributed by atoms with Crippen LogP contribution in [0.2, 0.25) is 0 Å². The Hall–Kier alpha value is -0.860. The zero-order chi connectivity index (χ0) is 11.1. The second kappa shape index (κ2) is 6.59. The van der Waals surface area contributed by atoms with E-state index in [0.717, 1.165) is 6.61 Å². The molecule has 0 aliphatic heterocycles. The van der Waals surface area contributed by atoms with E-state index < -0.39 is 0 Å². The number of benzene rings is 1. The topological polar surface area (TPSA) is 18.5 Å². The third-order valence-corrected chi connectivity index (χ3v) is 2.32. The molecule has 0 fully saturated rings. The third-order valence-electron chi connectivity index (χ3n) is 2.32. The van der Waals surface area contributed by atoms with Crippen molar-refractivity contribution in [1.82, 2.24) is 0 Å². The maximum Gasteiger partial charge on any atom is 0.0780 e. The summed E-state index contributed by atoms with van der Waals surface area (Å²) in [6.07, 6.45) is 0.180. The van der Waals surface area contributed by atoms with Gasteiger partial charge in [-0.25, -0.2) is 0 Å². The van der Waals surface area contributed by atoms with Crippen molar-refractivity contribution in [1.29, 1.82) is 0 Å². The first-order chi connectivity index (χ1) is 7.24. The third kappa shape index (κ3) is 4.45. The van der Waals surface area contributed by atoms with Crippen molar-refractivity contribution in [2.75, 3.05) is 13.2 Å². The lowest BCUT2D eigenvalue weighted by molar-refractivity contribution is -0.00723. The Bertz CT molecular complexity index is 284. The Balaban J connectivity index is 2.29. The molecule has 0 aromatic heterocycles. The van der Waals surface area contributed by atoms with Crippen LogP contribution in [0.25, 0.3) is 0 Å². The van der Waals surface area contributed by atoms with Crippen LogP contribution in [0, 0.1) is 6.92 Å². The first kappa shape index (κ1) is 12.2. The number of hydrogen-bond donors (Lipinski definition) is 0. The van der Waals surface area contributed by atoms with E-state index in [9.17, 15) is 0 Å². The van der Waals surface area contributed by atoms with E-state index in [4.69, 9.17) is 9.47 Å². The maximum atomic E-state index is 5.59. The molecular weight excluding hydrogens is 188 g/mol. The molecule has 0 saturated carbocycles. The van der Waals surface area contributed by atoms with Gasteiger partial charge in [-0.15, -0.1) is 0 Å². The normalized spacial score (nSPS) is 12.7. The molecule has 1 aromatic rings. The highest BCUT2D eigenvalue weighted by molar-refractivity contribution is 5.24. The van der Waals surface area contributed by atoms with Crippen molar-refractivity contribution in [3.63, 3.8) is 0 Å². The fraction of sp³-hybridized carbons (Fsp3) is 0.538. The molecule has 0 amide bonds. The van der Waals surface area contributed by atoms with Gasteiger partial charge in [0.05, 0.1) is 19.3 Å². The van der Waals surface area contributed by atoms with Gasteiger partial charge in [-0.05, 0) is 31.9 Å². The minimum absolute atomic E-state index is 0.180. The summed E-state index contributed by atoms with van der Waals surface area (Å²) in [5, 5.41) is 0. The summed E-state index contributed by atoms with van der Waals surface area (Å²) in [5.41, 5.74) is 2.53. The molecule has 0 radical (unpaired) electrons. The summed E-state index contributed by atoms with van der Waals surface area (Å²) in [7, 11) is 0. The van der Waals surface area contributed by atoms with Crippen molar-refractivity contribution in [2.45, 2.75) is 33.5 Å². The molecule has 1 rings (SSSR count). The van der Waals surface area contributed by atoms with Crippen molar-refractivity contribution in [3.8, 4) is 0 Å². The summed E-state index contributed by atoms with van der Waals surface area (Å²) < 4.78 is 11.0. The summed E-state index contributed by atoms with van der Waals surface area (Å²) in [4.78, 5) is 0. The Kier molecular flexibility index (Phi) is 5.37. The van der Waals surface area contributed by atoms with Crippen LogP contribution >= 0.6 is 0 Å². The summed E-state index contributed by atoms with van der Waals surface area (Å²) >= 11 is 0. The molecule has 0 aliphatic carbocycles. The Labute approximate surface area is 92.2 Å². The molecule has 0 N–H and O–H groups in total. The lowest BCUT2D eigenvalue weighted by atomic mass is 10.1. The van der Waals surface area contributed by atoms with Crippen molar-refractivity contribution < 1.29 is 9.47 Å². The molecule has 0 aliphatic rings. The van der Waals surface area contributed by atoms with E-state index in [1.807, 2.05) is 26.0 Å². The lowest BCUT2D eigenvalue weighted by Crippen LogP contribution is -2.15. The van der Waals surface area contributed by atoms with E-state index in [2.05, 4.69) is 19.1 Å².